The van der Waals surface area contributed by atoms with Gasteiger partial charge in [0.1, 0.15) is 11.9 Å². The Kier molecular flexibility index (Phi) is 3.85. The van der Waals surface area contributed by atoms with Crippen LogP contribution < -0.4 is 5.32 Å². The lowest BCUT2D eigenvalue weighted by Gasteiger charge is -2.09. The van der Waals surface area contributed by atoms with Crippen molar-refractivity contribution in [2.45, 2.75) is 13.5 Å². The van der Waals surface area contributed by atoms with Gasteiger partial charge in [0.15, 0.2) is 0 Å². The van der Waals surface area contributed by atoms with E-state index in [2.05, 4.69) is 14.9 Å². The van der Waals surface area contributed by atoms with E-state index in [1.807, 2.05) is 25.3 Å². The van der Waals surface area contributed by atoms with Crippen molar-refractivity contribution in [2.24, 2.45) is 0 Å². The lowest BCUT2D eigenvalue weighted by Crippen LogP contribution is -2.11. The molecule has 1 heterocycles. The first kappa shape index (κ1) is 12.5. The number of nitriles is 1. The zero-order valence-electron chi connectivity index (χ0n) is 10.0. The first-order valence-electron chi connectivity index (χ1n) is 5.62. The van der Waals surface area contributed by atoms with Crippen molar-refractivity contribution in [3.05, 3.63) is 47.0 Å². The lowest BCUT2D eigenvalue weighted by molar-refractivity contribution is 0.701. The van der Waals surface area contributed by atoms with Crippen molar-refractivity contribution in [2.75, 3.05) is 11.9 Å². The van der Waals surface area contributed by atoms with Crippen LogP contribution in [0.4, 0.5) is 5.69 Å². The number of nitrogens with one attached hydrogen (secondary N) is 1. The molecular formula is C13H13ClN4. The van der Waals surface area contributed by atoms with Crippen LogP contribution in [0.25, 0.3) is 0 Å². The lowest BCUT2D eigenvalue weighted by atomic mass is 10.2. The van der Waals surface area contributed by atoms with Crippen LogP contribution in [0.2, 0.25) is 5.02 Å². The van der Waals surface area contributed by atoms with Crippen molar-refractivity contribution in [1.29, 1.82) is 5.26 Å². The molecule has 1 N–H and O–H groups in total. The molecule has 4 nitrogen and oxygen atoms in total. The molecule has 0 unspecified atom stereocenters. The Labute approximate surface area is 111 Å². The highest BCUT2D eigenvalue weighted by Gasteiger charge is 2.01. The number of rotatable bonds is 4. The van der Waals surface area contributed by atoms with Crippen LogP contribution in [0.15, 0.2) is 30.6 Å². The Bertz CT molecular complexity index is 583. The maximum absolute atomic E-state index is 8.78. The minimum absolute atomic E-state index is 0.473. The highest BCUT2D eigenvalue weighted by Crippen LogP contribution is 2.19. The third-order valence-electron chi connectivity index (χ3n) is 2.70. The quantitative estimate of drug-likeness (QED) is 0.920. The number of aromatic nitrogens is 2. The number of aryl methyl sites for hydroxylation is 1. The van der Waals surface area contributed by atoms with Gasteiger partial charge in [0.05, 0.1) is 10.6 Å². The second kappa shape index (κ2) is 5.56. The molecule has 0 radical (unpaired) electrons. The Hall–Kier alpha value is -1.99. The summed E-state index contributed by atoms with van der Waals surface area (Å²) in [4.78, 5) is 4.16. The number of hydrogen-bond donors (Lipinski definition) is 1. The van der Waals surface area contributed by atoms with Gasteiger partial charge in [0.25, 0.3) is 0 Å². The Morgan fingerprint density at radius 2 is 2.33 bits per heavy atom. The van der Waals surface area contributed by atoms with Gasteiger partial charge in [0.2, 0.25) is 0 Å². The maximum Gasteiger partial charge on any atom is 0.105 e. The molecule has 0 fully saturated rings. The first-order chi connectivity index (χ1) is 8.70. The number of benzene rings is 1. The fourth-order valence-corrected chi connectivity index (χ4v) is 1.90. The largest absolute Gasteiger partial charge is 0.383 e. The topological polar surface area (TPSA) is 53.6 Å². The fourth-order valence-electron chi connectivity index (χ4n) is 1.68. The molecule has 0 saturated heterocycles. The predicted molar refractivity (Wildman–Crippen MR) is 71.6 cm³/mol. The van der Waals surface area contributed by atoms with Gasteiger partial charge in [-0.2, -0.15) is 5.26 Å². The van der Waals surface area contributed by atoms with Crippen LogP contribution in [0.5, 0.6) is 0 Å². The number of hydrogen-bond acceptors (Lipinski definition) is 3. The molecule has 0 aliphatic heterocycles. The van der Waals surface area contributed by atoms with E-state index in [1.54, 1.807) is 18.3 Å². The van der Waals surface area contributed by atoms with Crippen molar-refractivity contribution in [1.82, 2.24) is 9.55 Å². The zero-order valence-corrected chi connectivity index (χ0v) is 10.8. The molecule has 92 valence electrons. The molecule has 2 aromatic rings. The fraction of sp³-hybridized carbons (Fsp3) is 0.231. The van der Waals surface area contributed by atoms with Crippen molar-refractivity contribution in [3.63, 3.8) is 0 Å². The second-order valence-electron chi connectivity index (χ2n) is 3.90. The predicted octanol–water partition coefficient (Wildman–Crippen LogP) is 2.83. The third kappa shape index (κ3) is 2.82. The molecule has 1 aromatic heterocycles. The third-order valence-corrected chi connectivity index (χ3v) is 3.01. The van der Waals surface area contributed by atoms with E-state index in [0.29, 0.717) is 10.6 Å². The first-order valence-corrected chi connectivity index (χ1v) is 6.00. The van der Waals surface area contributed by atoms with Gasteiger partial charge in [-0.05, 0) is 25.1 Å². The van der Waals surface area contributed by atoms with Crippen LogP contribution in [-0.2, 0) is 6.54 Å². The summed E-state index contributed by atoms with van der Waals surface area (Å²) < 4.78 is 2.07. The number of imidazole rings is 1. The van der Waals surface area contributed by atoms with Crippen LogP contribution in [0.1, 0.15) is 11.4 Å². The van der Waals surface area contributed by atoms with Gasteiger partial charge in [0, 0.05) is 31.2 Å². The minimum Gasteiger partial charge on any atom is -0.383 e. The summed E-state index contributed by atoms with van der Waals surface area (Å²) in [5, 5.41) is 12.5. The molecule has 0 aliphatic rings. The molecule has 0 amide bonds. The van der Waals surface area contributed by atoms with Crippen molar-refractivity contribution >= 4 is 17.3 Å². The van der Waals surface area contributed by atoms with E-state index in [9.17, 15) is 0 Å². The standard InChI is InChI=1S/C13H13ClN4/c1-10-16-4-6-18(10)7-5-17-12-3-2-11(9-15)13(14)8-12/h2-4,6,8,17H,5,7H2,1H3. The van der Waals surface area contributed by atoms with E-state index in [0.717, 1.165) is 24.6 Å². The summed E-state index contributed by atoms with van der Waals surface area (Å²) in [6.45, 7) is 3.58. The van der Waals surface area contributed by atoms with E-state index in [1.165, 1.54) is 0 Å². The van der Waals surface area contributed by atoms with E-state index < -0.39 is 0 Å². The molecule has 5 heteroatoms. The Balaban J connectivity index is 1.93. The molecular weight excluding hydrogens is 248 g/mol. The highest BCUT2D eigenvalue weighted by molar-refractivity contribution is 6.32. The van der Waals surface area contributed by atoms with Gasteiger partial charge in [-0.25, -0.2) is 4.98 Å². The van der Waals surface area contributed by atoms with Crippen LogP contribution in [0, 0.1) is 18.3 Å². The Morgan fingerprint density at radius 3 is 2.94 bits per heavy atom. The van der Waals surface area contributed by atoms with Gasteiger partial charge >= 0.3 is 0 Å². The molecule has 0 atom stereocenters. The van der Waals surface area contributed by atoms with Gasteiger partial charge in [-0.3, -0.25) is 0 Å². The van der Waals surface area contributed by atoms with E-state index >= 15 is 0 Å². The molecule has 1 aromatic carbocycles. The molecule has 0 bridgehead atoms. The summed E-state index contributed by atoms with van der Waals surface area (Å²) in [5.74, 6) is 0.995. The SMILES string of the molecule is Cc1nccn1CCNc1ccc(C#N)c(Cl)c1. The average Bonchev–Trinajstić information content (AvgIpc) is 2.75. The maximum atomic E-state index is 8.78. The highest BCUT2D eigenvalue weighted by atomic mass is 35.5. The Morgan fingerprint density at radius 1 is 1.50 bits per heavy atom. The second-order valence-corrected chi connectivity index (χ2v) is 4.31. The normalized spacial score (nSPS) is 10.1. The monoisotopic (exact) mass is 260 g/mol. The zero-order chi connectivity index (χ0) is 13.0. The average molecular weight is 261 g/mol. The van der Waals surface area contributed by atoms with Crippen molar-refractivity contribution < 1.29 is 0 Å². The van der Waals surface area contributed by atoms with Gasteiger partial charge < -0.3 is 9.88 Å². The van der Waals surface area contributed by atoms with Gasteiger partial charge in [-0.1, -0.05) is 11.6 Å². The number of nitrogens with zero attached hydrogens (tertiary/aromatic N) is 3. The smallest absolute Gasteiger partial charge is 0.105 e. The number of halogens is 1. The van der Waals surface area contributed by atoms with E-state index in [4.69, 9.17) is 16.9 Å². The van der Waals surface area contributed by atoms with E-state index in [-0.39, 0.29) is 0 Å². The molecule has 0 saturated carbocycles. The number of anilines is 1. The van der Waals surface area contributed by atoms with Crippen LogP contribution in [-0.4, -0.2) is 16.1 Å². The molecule has 2 rings (SSSR count). The summed E-state index contributed by atoms with van der Waals surface area (Å²) in [6.07, 6.45) is 3.73. The summed E-state index contributed by atoms with van der Waals surface area (Å²) in [5.41, 5.74) is 1.41. The van der Waals surface area contributed by atoms with Crippen LogP contribution >= 0.6 is 11.6 Å². The molecule has 0 aliphatic carbocycles. The van der Waals surface area contributed by atoms with Crippen molar-refractivity contribution in [3.8, 4) is 6.07 Å². The summed E-state index contributed by atoms with van der Waals surface area (Å²) in [7, 11) is 0. The summed E-state index contributed by atoms with van der Waals surface area (Å²) in [6, 6.07) is 7.37. The minimum atomic E-state index is 0.473. The molecule has 18 heavy (non-hydrogen) atoms. The molecule has 0 spiro atoms. The summed E-state index contributed by atoms with van der Waals surface area (Å²) >= 11 is 5.96. The van der Waals surface area contributed by atoms with Crippen LogP contribution in [0.3, 0.4) is 0 Å². The van der Waals surface area contributed by atoms with Gasteiger partial charge in [-0.15, -0.1) is 0 Å².